The van der Waals surface area contributed by atoms with Gasteiger partial charge in [0.2, 0.25) is 0 Å². The lowest BCUT2D eigenvalue weighted by atomic mass is 9.96. The van der Waals surface area contributed by atoms with Crippen molar-refractivity contribution >= 4 is 46.8 Å². The number of aromatic carboxylic acids is 1. The van der Waals surface area contributed by atoms with Crippen molar-refractivity contribution in [2.75, 3.05) is 11.9 Å². The Morgan fingerprint density at radius 3 is 2.60 bits per heavy atom. The molecule has 1 aromatic heterocycles. The number of halogens is 1. The third kappa shape index (κ3) is 4.78. The molecule has 35 heavy (non-hydrogen) atoms. The maximum Gasteiger partial charge on any atom is 0.338 e. The van der Waals surface area contributed by atoms with Gasteiger partial charge in [0, 0.05) is 16.9 Å². The average molecular weight is 512 g/mol. The zero-order valence-electron chi connectivity index (χ0n) is 19.2. The molecule has 1 aliphatic rings. The highest BCUT2D eigenvalue weighted by atomic mass is 35.5. The first-order chi connectivity index (χ1) is 16.7. The minimum atomic E-state index is -1.04. The predicted octanol–water partition coefficient (Wildman–Crippen LogP) is 3.48. The number of esters is 1. The number of aromatic nitrogens is 1. The lowest BCUT2D eigenvalue weighted by Gasteiger charge is -2.24. The van der Waals surface area contributed by atoms with Gasteiger partial charge in [-0.15, -0.1) is 0 Å². The Kier molecular flexibility index (Phi) is 6.90. The number of carbonyl (C=O) groups is 2. The van der Waals surface area contributed by atoms with Gasteiger partial charge in [0.25, 0.3) is 5.56 Å². The Bertz CT molecular complexity index is 1540. The van der Waals surface area contributed by atoms with E-state index >= 15 is 0 Å². The van der Waals surface area contributed by atoms with Crippen LogP contribution in [0.25, 0.3) is 6.20 Å². The van der Waals surface area contributed by atoms with E-state index in [1.165, 1.54) is 34.2 Å². The molecule has 0 bridgehead atoms. The second kappa shape index (κ2) is 9.89. The van der Waals surface area contributed by atoms with Gasteiger partial charge in [-0.1, -0.05) is 41.1 Å². The molecule has 0 saturated heterocycles. The fraction of sp³-hybridized carbons (Fsp3) is 0.200. The summed E-state index contributed by atoms with van der Waals surface area (Å²) < 4.78 is 7.10. The quantitative estimate of drug-likeness (QED) is 0.490. The number of anilines is 1. The number of thiazole rings is 1. The monoisotopic (exact) mass is 511 g/mol. The van der Waals surface area contributed by atoms with E-state index in [4.69, 9.17) is 16.3 Å². The first-order valence-electron chi connectivity index (χ1n) is 10.7. The summed E-state index contributed by atoms with van der Waals surface area (Å²) in [5, 5.41) is 12.9. The van der Waals surface area contributed by atoms with E-state index in [0.29, 0.717) is 31.3 Å². The Hall–Kier alpha value is -3.69. The van der Waals surface area contributed by atoms with Gasteiger partial charge < -0.3 is 15.2 Å². The number of carboxylic acid groups (broad SMARTS) is 1. The molecule has 2 aromatic carbocycles. The fourth-order valence-electron chi connectivity index (χ4n) is 3.81. The molecular formula is C25H22ClN3O5S. The SMILES string of the molecule is CCOC(=O)C1=C(C)N=c2s/c(=C\Nc3cc(C(=O)O)ccc3C)c(=O)n2[C@H]1c1ccc(Cl)cc1. The minimum Gasteiger partial charge on any atom is -0.478 e. The summed E-state index contributed by atoms with van der Waals surface area (Å²) in [5.74, 6) is -1.58. The lowest BCUT2D eigenvalue weighted by molar-refractivity contribution is -0.139. The van der Waals surface area contributed by atoms with Gasteiger partial charge in [0.15, 0.2) is 4.80 Å². The summed E-state index contributed by atoms with van der Waals surface area (Å²) in [5.41, 5.74) is 2.61. The van der Waals surface area contributed by atoms with Crippen molar-refractivity contribution in [1.82, 2.24) is 4.57 Å². The Morgan fingerprint density at radius 2 is 1.94 bits per heavy atom. The van der Waals surface area contributed by atoms with Crippen LogP contribution < -0.4 is 20.2 Å². The van der Waals surface area contributed by atoms with Crippen LogP contribution in [0.4, 0.5) is 5.69 Å². The third-order valence-corrected chi connectivity index (χ3v) is 6.78. The Labute approximate surface area is 209 Å². The molecule has 1 atom stereocenters. The number of rotatable bonds is 6. The van der Waals surface area contributed by atoms with Gasteiger partial charge in [0.1, 0.15) is 4.53 Å². The number of allylic oxidation sites excluding steroid dienone is 1. The van der Waals surface area contributed by atoms with Crippen molar-refractivity contribution in [2.45, 2.75) is 26.8 Å². The highest BCUT2D eigenvalue weighted by Gasteiger charge is 2.33. The van der Waals surface area contributed by atoms with Crippen LogP contribution in [-0.4, -0.2) is 28.2 Å². The van der Waals surface area contributed by atoms with Crippen LogP contribution >= 0.6 is 22.9 Å². The van der Waals surface area contributed by atoms with Gasteiger partial charge in [0.05, 0.1) is 29.5 Å². The molecular weight excluding hydrogens is 490 g/mol. The third-order valence-electron chi connectivity index (χ3n) is 5.55. The Balaban J connectivity index is 1.85. The van der Waals surface area contributed by atoms with E-state index in [0.717, 1.165) is 5.56 Å². The van der Waals surface area contributed by atoms with E-state index in [-0.39, 0.29) is 23.3 Å². The molecule has 10 heteroatoms. The maximum absolute atomic E-state index is 13.5. The molecule has 4 rings (SSSR count). The van der Waals surface area contributed by atoms with Gasteiger partial charge in [-0.3, -0.25) is 9.36 Å². The first kappa shape index (κ1) is 24.4. The second-order valence-electron chi connectivity index (χ2n) is 7.83. The largest absolute Gasteiger partial charge is 0.478 e. The van der Waals surface area contributed by atoms with Gasteiger partial charge in [-0.05, 0) is 56.2 Å². The topological polar surface area (TPSA) is 110 Å². The van der Waals surface area contributed by atoms with Gasteiger partial charge in [-0.2, -0.15) is 0 Å². The van der Waals surface area contributed by atoms with E-state index < -0.39 is 18.0 Å². The molecule has 0 spiro atoms. The number of carboxylic acids is 1. The van der Waals surface area contributed by atoms with Crippen LogP contribution in [0.2, 0.25) is 5.02 Å². The molecule has 180 valence electrons. The number of nitrogens with one attached hydrogen (secondary N) is 1. The van der Waals surface area contributed by atoms with Crippen LogP contribution in [0.5, 0.6) is 0 Å². The van der Waals surface area contributed by atoms with Crippen LogP contribution in [0.15, 0.2) is 63.5 Å². The standard InChI is InChI=1S/C25H22ClN3O5S/c1-4-34-24(33)20-14(3)28-25-29(21(20)15-7-9-17(26)10-8-15)22(30)19(35-25)12-27-18-11-16(23(31)32)6-5-13(18)2/h5-12,21,27H,4H2,1-3H3,(H,31,32)/b19-12-/t21-/m0/s1. The molecule has 0 aliphatic carbocycles. The number of ether oxygens (including phenoxy) is 1. The first-order valence-corrected chi connectivity index (χ1v) is 11.9. The van der Waals surface area contributed by atoms with Crippen molar-refractivity contribution in [1.29, 1.82) is 0 Å². The number of carbonyl (C=O) groups excluding carboxylic acids is 1. The van der Waals surface area contributed by atoms with Gasteiger partial charge in [-0.25, -0.2) is 14.6 Å². The predicted molar refractivity (Wildman–Crippen MR) is 135 cm³/mol. The molecule has 8 nitrogen and oxygen atoms in total. The van der Waals surface area contributed by atoms with Crippen LogP contribution in [0, 0.1) is 6.92 Å². The molecule has 0 amide bonds. The van der Waals surface area contributed by atoms with Crippen molar-refractivity contribution in [3.8, 4) is 0 Å². The number of fused-ring (bicyclic) bond motifs is 1. The molecule has 2 N–H and O–H groups in total. The van der Waals surface area contributed by atoms with E-state index in [9.17, 15) is 19.5 Å². The molecule has 0 fully saturated rings. The summed E-state index contributed by atoms with van der Waals surface area (Å²) in [6, 6.07) is 10.9. The lowest BCUT2D eigenvalue weighted by Crippen LogP contribution is -2.40. The zero-order valence-corrected chi connectivity index (χ0v) is 20.7. The average Bonchev–Trinajstić information content (AvgIpc) is 3.13. The fourth-order valence-corrected chi connectivity index (χ4v) is 4.90. The summed E-state index contributed by atoms with van der Waals surface area (Å²) in [6.45, 7) is 5.45. The molecule has 0 unspecified atom stereocenters. The minimum absolute atomic E-state index is 0.130. The molecule has 2 heterocycles. The molecule has 3 aromatic rings. The highest BCUT2D eigenvalue weighted by Crippen LogP contribution is 2.31. The van der Waals surface area contributed by atoms with Crippen molar-refractivity contribution in [3.05, 3.63) is 95.1 Å². The number of nitrogens with zero attached hydrogens (tertiary/aromatic N) is 2. The number of hydrogen-bond donors (Lipinski definition) is 2. The van der Waals surface area contributed by atoms with Crippen molar-refractivity contribution in [3.63, 3.8) is 0 Å². The van der Waals surface area contributed by atoms with Gasteiger partial charge >= 0.3 is 11.9 Å². The second-order valence-corrected chi connectivity index (χ2v) is 9.28. The van der Waals surface area contributed by atoms with Crippen LogP contribution in [0.1, 0.15) is 41.4 Å². The number of hydrogen-bond acceptors (Lipinski definition) is 7. The molecule has 0 radical (unpaired) electrons. The number of benzene rings is 2. The van der Waals surface area contributed by atoms with Crippen molar-refractivity contribution in [2.24, 2.45) is 4.99 Å². The zero-order chi connectivity index (χ0) is 25.3. The summed E-state index contributed by atoms with van der Waals surface area (Å²) in [7, 11) is 0. The molecule has 0 saturated carbocycles. The number of aryl methyl sites for hydroxylation is 1. The smallest absolute Gasteiger partial charge is 0.338 e. The molecule has 1 aliphatic heterocycles. The normalized spacial score (nSPS) is 15.4. The summed E-state index contributed by atoms with van der Waals surface area (Å²) in [6.07, 6.45) is 1.53. The van der Waals surface area contributed by atoms with Crippen LogP contribution in [-0.2, 0) is 9.53 Å². The Morgan fingerprint density at radius 1 is 1.23 bits per heavy atom. The van der Waals surface area contributed by atoms with Crippen LogP contribution in [0.3, 0.4) is 0 Å². The summed E-state index contributed by atoms with van der Waals surface area (Å²) in [4.78, 5) is 42.7. The summed E-state index contributed by atoms with van der Waals surface area (Å²) >= 11 is 7.23. The van der Waals surface area contributed by atoms with Crippen molar-refractivity contribution < 1.29 is 19.4 Å². The maximum atomic E-state index is 13.5. The highest BCUT2D eigenvalue weighted by molar-refractivity contribution is 7.07. The van der Waals surface area contributed by atoms with E-state index in [1.54, 1.807) is 44.2 Å². The van der Waals surface area contributed by atoms with E-state index in [1.807, 2.05) is 6.92 Å². The van der Waals surface area contributed by atoms with E-state index in [2.05, 4.69) is 10.3 Å².